The van der Waals surface area contributed by atoms with Crippen LogP contribution in [0.4, 0.5) is 4.79 Å². The van der Waals surface area contributed by atoms with Crippen LogP contribution < -0.4 is 9.47 Å². The summed E-state index contributed by atoms with van der Waals surface area (Å²) in [4.78, 5) is 41.0. The number of thioether (sulfide) groups is 1. The third kappa shape index (κ3) is 6.17. The number of halogens is 2. The Morgan fingerprint density at radius 1 is 1.06 bits per heavy atom. The van der Waals surface area contributed by atoms with E-state index in [2.05, 4.69) is 0 Å². The number of ether oxygens (including phenoxy) is 2. The van der Waals surface area contributed by atoms with Crippen LogP contribution >= 0.6 is 35.0 Å². The fraction of sp³-hybridized carbons (Fsp3) is 0.346. The van der Waals surface area contributed by atoms with Gasteiger partial charge in [0.05, 0.1) is 16.5 Å². The van der Waals surface area contributed by atoms with Gasteiger partial charge >= 0.3 is 0 Å². The van der Waals surface area contributed by atoms with Gasteiger partial charge in [0.15, 0.2) is 11.5 Å². The van der Waals surface area contributed by atoms with Crippen molar-refractivity contribution in [3.8, 4) is 11.5 Å². The van der Waals surface area contributed by atoms with E-state index in [-0.39, 0.29) is 24.0 Å². The van der Waals surface area contributed by atoms with Crippen molar-refractivity contribution in [3.05, 3.63) is 62.5 Å². The number of carbonyl (C=O) groups is 3. The van der Waals surface area contributed by atoms with E-state index in [0.29, 0.717) is 46.8 Å². The van der Waals surface area contributed by atoms with Crippen LogP contribution in [0, 0.1) is 0 Å². The molecular formula is C26H26Cl2N2O5S. The second-order valence-corrected chi connectivity index (χ2v) is 10.2. The summed E-state index contributed by atoms with van der Waals surface area (Å²) in [6, 6.07) is 10.7. The number of rotatable bonds is 8. The van der Waals surface area contributed by atoms with Gasteiger partial charge in [0.1, 0.15) is 13.2 Å². The first-order valence-electron chi connectivity index (χ1n) is 11.7. The average molecular weight is 549 g/mol. The quantitative estimate of drug-likeness (QED) is 0.375. The van der Waals surface area contributed by atoms with Crippen molar-refractivity contribution in [1.29, 1.82) is 0 Å². The number of likely N-dealkylation sites (tertiary alicyclic amines) is 1. The van der Waals surface area contributed by atoms with E-state index in [1.165, 1.54) is 0 Å². The van der Waals surface area contributed by atoms with Crippen LogP contribution in [0.1, 0.15) is 37.3 Å². The van der Waals surface area contributed by atoms with E-state index in [1.54, 1.807) is 29.2 Å². The maximum Gasteiger partial charge on any atom is 0.294 e. The Labute approximate surface area is 224 Å². The summed E-state index contributed by atoms with van der Waals surface area (Å²) in [6.45, 7) is 3.48. The summed E-state index contributed by atoms with van der Waals surface area (Å²) >= 11 is 13.5. The number of carbonyl (C=O) groups excluding carboxylic acids is 3. The van der Waals surface area contributed by atoms with Gasteiger partial charge in [0.25, 0.3) is 11.1 Å². The van der Waals surface area contributed by atoms with Gasteiger partial charge in [-0.2, -0.15) is 0 Å². The average Bonchev–Trinajstić information content (AvgIpc) is 3.12. The normalized spacial score (nSPS) is 17.1. The molecule has 2 saturated heterocycles. The molecule has 0 aromatic heterocycles. The van der Waals surface area contributed by atoms with Crippen LogP contribution in [0.15, 0.2) is 41.3 Å². The first-order chi connectivity index (χ1) is 17.4. The molecule has 0 aliphatic carbocycles. The molecule has 190 valence electrons. The van der Waals surface area contributed by atoms with Gasteiger partial charge in [-0.05, 0) is 67.8 Å². The third-order valence-corrected chi connectivity index (χ3v) is 7.39. The van der Waals surface area contributed by atoms with Crippen LogP contribution in [-0.4, -0.2) is 53.1 Å². The molecule has 2 aromatic carbocycles. The van der Waals surface area contributed by atoms with Crippen molar-refractivity contribution in [3.63, 3.8) is 0 Å². The Balaban J connectivity index is 1.51. The molecule has 2 fully saturated rings. The van der Waals surface area contributed by atoms with E-state index in [9.17, 15) is 14.4 Å². The molecule has 2 aliphatic rings. The molecule has 0 radical (unpaired) electrons. The Hall–Kier alpha value is -2.68. The number of amides is 3. The van der Waals surface area contributed by atoms with Crippen LogP contribution in [0.25, 0.3) is 6.08 Å². The first-order valence-corrected chi connectivity index (χ1v) is 13.3. The molecule has 3 amide bonds. The molecule has 0 saturated carbocycles. The van der Waals surface area contributed by atoms with Crippen LogP contribution in [0.3, 0.4) is 0 Å². The lowest BCUT2D eigenvalue weighted by molar-refractivity contribution is -0.136. The monoisotopic (exact) mass is 548 g/mol. The zero-order valence-corrected chi connectivity index (χ0v) is 22.1. The molecule has 36 heavy (non-hydrogen) atoms. The fourth-order valence-corrected chi connectivity index (χ4v) is 5.31. The summed E-state index contributed by atoms with van der Waals surface area (Å²) in [6.07, 6.45) is 4.54. The predicted molar refractivity (Wildman–Crippen MR) is 142 cm³/mol. The van der Waals surface area contributed by atoms with Crippen LogP contribution in [0.5, 0.6) is 11.5 Å². The topological polar surface area (TPSA) is 76.2 Å². The minimum atomic E-state index is -0.497. The number of piperidine rings is 1. The standard InChI is InChI=1S/C26H26Cl2N2O5S/c1-2-34-21-13-17(12-20(28)24(21)35-16-18-8-4-5-9-19(18)27)14-22-25(32)30(26(33)36-22)15-23(31)29-10-6-3-7-11-29/h4-5,8-9,12-14H,2-3,6-7,10-11,15-16H2,1H3/b22-14-. The largest absolute Gasteiger partial charge is 0.490 e. The summed E-state index contributed by atoms with van der Waals surface area (Å²) in [5.74, 6) is 0.0575. The van der Waals surface area contributed by atoms with E-state index in [1.807, 2.05) is 25.1 Å². The maximum absolute atomic E-state index is 12.9. The summed E-state index contributed by atoms with van der Waals surface area (Å²) in [5, 5.41) is 0.406. The van der Waals surface area contributed by atoms with Crippen molar-refractivity contribution in [1.82, 2.24) is 9.80 Å². The maximum atomic E-state index is 12.9. The highest BCUT2D eigenvalue weighted by Gasteiger charge is 2.37. The van der Waals surface area contributed by atoms with Gasteiger partial charge in [-0.15, -0.1) is 0 Å². The second kappa shape index (κ2) is 12.0. The Bertz CT molecular complexity index is 1200. The molecule has 7 nitrogen and oxygen atoms in total. The molecule has 10 heteroatoms. The fourth-order valence-electron chi connectivity index (χ4n) is 4.01. The van der Waals surface area contributed by atoms with Crippen molar-refractivity contribution in [2.45, 2.75) is 32.8 Å². The number of benzene rings is 2. The lowest BCUT2D eigenvalue weighted by atomic mass is 10.1. The molecule has 0 atom stereocenters. The molecule has 0 N–H and O–H groups in total. The van der Waals surface area contributed by atoms with E-state index < -0.39 is 11.1 Å². The van der Waals surface area contributed by atoms with E-state index in [4.69, 9.17) is 32.7 Å². The SMILES string of the molecule is CCOc1cc(/C=C2\SC(=O)N(CC(=O)N3CCCCC3)C2=O)cc(Cl)c1OCc1ccccc1Cl. The number of hydrogen-bond donors (Lipinski definition) is 0. The molecule has 4 rings (SSSR count). The van der Waals surface area contributed by atoms with E-state index in [0.717, 1.165) is 41.5 Å². The minimum absolute atomic E-state index is 0.197. The second-order valence-electron chi connectivity index (χ2n) is 8.35. The summed E-state index contributed by atoms with van der Waals surface area (Å²) in [5.41, 5.74) is 1.37. The lowest BCUT2D eigenvalue weighted by Gasteiger charge is -2.27. The van der Waals surface area contributed by atoms with Gasteiger partial charge in [-0.3, -0.25) is 19.3 Å². The zero-order valence-electron chi connectivity index (χ0n) is 19.8. The first kappa shape index (κ1) is 26.4. The highest BCUT2D eigenvalue weighted by Crippen LogP contribution is 2.40. The Kier molecular flexibility index (Phi) is 8.82. The molecule has 2 aliphatic heterocycles. The number of imide groups is 1. The Morgan fingerprint density at radius 2 is 1.81 bits per heavy atom. The van der Waals surface area contributed by atoms with Gasteiger partial charge < -0.3 is 14.4 Å². The number of hydrogen-bond acceptors (Lipinski definition) is 6. The van der Waals surface area contributed by atoms with Gasteiger partial charge in [-0.25, -0.2) is 0 Å². The van der Waals surface area contributed by atoms with Crippen molar-refractivity contribution >= 4 is 58.1 Å². The molecule has 0 bridgehead atoms. The Morgan fingerprint density at radius 3 is 2.53 bits per heavy atom. The summed E-state index contributed by atoms with van der Waals surface area (Å²) < 4.78 is 11.7. The molecule has 2 heterocycles. The molecule has 0 spiro atoms. The predicted octanol–water partition coefficient (Wildman–Crippen LogP) is 6.02. The molecule has 0 unspecified atom stereocenters. The van der Waals surface area contributed by atoms with Crippen LogP contribution in [-0.2, 0) is 16.2 Å². The van der Waals surface area contributed by atoms with Crippen LogP contribution in [0.2, 0.25) is 10.0 Å². The van der Waals surface area contributed by atoms with Crippen molar-refractivity contribution in [2.24, 2.45) is 0 Å². The highest BCUT2D eigenvalue weighted by atomic mass is 35.5. The zero-order chi connectivity index (χ0) is 25.7. The molecule has 2 aromatic rings. The van der Waals surface area contributed by atoms with Gasteiger partial charge in [0, 0.05) is 23.7 Å². The summed E-state index contributed by atoms with van der Waals surface area (Å²) in [7, 11) is 0. The van der Waals surface area contributed by atoms with Crippen molar-refractivity contribution < 1.29 is 23.9 Å². The lowest BCUT2D eigenvalue weighted by Crippen LogP contribution is -2.44. The van der Waals surface area contributed by atoms with Gasteiger partial charge in [-0.1, -0.05) is 41.4 Å². The minimum Gasteiger partial charge on any atom is -0.490 e. The number of nitrogens with zero attached hydrogens (tertiary/aromatic N) is 2. The van der Waals surface area contributed by atoms with E-state index >= 15 is 0 Å². The van der Waals surface area contributed by atoms with Gasteiger partial charge in [0.2, 0.25) is 5.91 Å². The third-order valence-electron chi connectivity index (χ3n) is 5.84. The smallest absolute Gasteiger partial charge is 0.294 e. The highest BCUT2D eigenvalue weighted by molar-refractivity contribution is 8.18. The molecular weight excluding hydrogens is 523 g/mol. The van der Waals surface area contributed by atoms with Crippen molar-refractivity contribution in [2.75, 3.05) is 26.2 Å².